The van der Waals surface area contributed by atoms with Crippen molar-refractivity contribution < 1.29 is 14.0 Å². The fourth-order valence-electron chi connectivity index (χ4n) is 3.91. The van der Waals surface area contributed by atoms with Crippen LogP contribution in [0.2, 0.25) is 0 Å². The van der Waals surface area contributed by atoms with Crippen molar-refractivity contribution in [1.82, 2.24) is 5.32 Å². The molecule has 0 radical (unpaired) electrons. The van der Waals surface area contributed by atoms with Gasteiger partial charge in [-0.2, -0.15) is 0 Å². The van der Waals surface area contributed by atoms with Crippen molar-refractivity contribution in [2.24, 2.45) is 0 Å². The third-order valence-electron chi connectivity index (χ3n) is 5.15. The van der Waals surface area contributed by atoms with Gasteiger partial charge in [0.05, 0.1) is 0 Å². The monoisotopic (exact) mass is 413 g/mol. The second-order valence-corrected chi connectivity index (χ2v) is 7.74. The van der Waals surface area contributed by atoms with Gasteiger partial charge in [-0.3, -0.25) is 9.59 Å². The molecule has 3 nitrogen and oxygen atoms in total. The highest BCUT2D eigenvalue weighted by Crippen LogP contribution is 2.42. The summed E-state index contributed by atoms with van der Waals surface area (Å²) in [5.74, 6) is -0.533. The summed E-state index contributed by atoms with van der Waals surface area (Å²) in [6.45, 7) is 0. The van der Waals surface area contributed by atoms with Gasteiger partial charge in [0.25, 0.3) is 0 Å². The van der Waals surface area contributed by atoms with Crippen LogP contribution in [0.5, 0.6) is 0 Å². The van der Waals surface area contributed by atoms with Gasteiger partial charge in [-0.15, -0.1) is 0 Å². The number of nitrogens with one attached hydrogen (secondary N) is 1. The van der Waals surface area contributed by atoms with Crippen molar-refractivity contribution in [3.8, 4) is 0 Å². The number of carbonyl (C=O) groups is 2. The molecule has 4 rings (SSSR count). The molecule has 0 saturated carbocycles. The number of amides is 1. The van der Waals surface area contributed by atoms with E-state index >= 15 is 0 Å². The molecule has 0 saturated heterocycles. The van der Waals surface area contributed by atoms with Gasteiger partial charge in [0, 0.05) is 34.5 Å². The number of allylic oxidation sites excluding steroid dienone is 2. The molecule has 1 aliphatic heterocycles. The molecule has 132 valence electrons. The number of carbonyl (C=O) groups excluding carboxylic acids is 2. The lowest BCUT2D eigenvalue weighted by atomic mass is 9.73. The average Bonchev–Trinajstić information content (AvgIpc) is 2.62. The number of rotatable bonds is 2. The Kier molecular flexibility index (Phi) is 4.49. The van der Waals surface area contributed by atoms with E-state index in [9.17, 15) is 14.0 Å². The zero-order valence-electron chi connectivity index (χ0n) is 14.0. The predicted octanol–water partition coefficient (Wildman–Crippen LogP) is 4.59. The first-order chi connectivity index (χ1) is 12.5. The molecule has 0 fully saturated rings. The summed E-state index contributed by atoms with van der Waals surface area (Å²) in [5, 5.41) is 2.91. The first-order valence-electron chi connectivity index (χ1n) is 8.58. The molecule has 0 bridgehead atoms. The Morgan fingerprint density at radius 2 is 1.54 bits per heavy atom. The standard InChI is InChI=1S/C21H17BrFNO2/c22-15-5-1-13(2-6-15)17-11-20(26)24-18-9-14(10-19(25)21(17)18)12-3-7-16(23)8-4-12/h1-8,14,17H,9-11H2,(H,24,26)/t14-,17-/m0/s1. The zero-order valence-corrected chi connectivity index (χ0v) is 15.6. The largest absolute Gasteiger partial charge is 0.329 e. The molecule has 1 N–H and O–H groups in total. The van der Waals surface area contributed by atoms with Crippen LogP contribution in [0.1, 0.15) is 42.2 Å². The van der Waals surface area contributed by atoms with E-state index in [1.54, 1.807) is 12.1 Å². The molecule has 2 aliphatic rings. The summed E-state index contributed by atoms with van der Waals surface area (Å²) >= 11 is 3.42. The first kappa shape index (κ1) is 17.2. The minimum atomic E-state index is -0.294. The van der Waals surface area contributed by atoms with Gasteiger partial charge in [-0.05, 0) is 47.7 Å². The van der Waals surface area contributed by atoms with E-state index in [0.29, 0.717) is 12.8 Å². The normalized spacial score (nSPS) is 22.8. The van der Waals surface area contributed by atoms with Gasteiger partial charge in [-0.1, -0.05) is 40.2 Å². The minimum Gasteiger partial charge on any atom is -0.329 e. The molecule has 5 heteroatoms. The molecule has 26 heavy (non-hydrogen) atoms. The smallest absolute Gasteiger partial charge is 0.225 e. The summed E-state index contributed by atoms with van der Waals surface area (Å²) < 4.78 is 14.1. The molecule has 2 aromatic rings. The van der Waals surface area contributed by atoms with Crippen LogP contribution in [0.15, 0.2) is 64.3 Å². The molecular formula is C21H17BrFNO2. The van der Waals surface area contributed by atoms with Gasteiger partial charge in [0.15, 0.2) is 5.78 Å². The number of Topliss-reactive ketones (excluding diaryl/α,β-unsaturated/α-hetero) is 1. The van der Waals surface area contributed by atoms with Crippen LogP contribution in [0.4, 0.5) is 4.39 Å². The Morgan fingerprint density at radius 1 is 0.885 bits per heavy atom. The summed E-state index contributed by atoms with van der Waals surface area (Å²) in [5.41, 5.74) is 3.35. The number of halogens is 2. The van der Waals surface area contributed by atoms with Crippen molar-refractivity contribution in [2.45, 2.75) is 31.1 Å². The van der Waals surface area contributed by atoms with Crippen LogP contribution in [0.25, 0.3) is 0 Å². The second kappa shape index (κ2) is 6.80. The number of hydrogen-bond acceptors (Lipinski definition) is 2. The lowest BCUT2D eigenvalue weighted by Gasteiger charge is -2.34. The van der Waals surface area contributed by atoms with E-state index in [2.05, 4.69) is 21.2 Å². The maximum atomic E-state index is 13.2. The quantitative estimate of drug-likeness (QED) is 0.782. The zero-order chi connectivity index (χ0) is 18.3. The highest BCUT2D eigenvalue weighted by Gasteiger charge is 2.38. The Morgan fingerprint density at radius 3 is 2.23 bits per heavy atom. The van der Waals surface area contributed by atoms with Crippen LogP contribution < -0.4 is 5.32 Å². The Labute approximate surface area is 159 Å². The van der Waals surface area contributed by atoms with Crippen molar-refractivity contribution in [3.63, 3.8) is 0 Å². The van der Waals surface area contributed by atoms with E-state index in [1.807, 2.05) is 24.3 Å². The number of benzene rings is 2. The molecular weight excluding hydrogens is 397 g/mol. The lowest BCUT2D eigenvalue weighted by molar-refractivity contribution is -0.122. The van der Waals surface area contributed by atoms with Gasteiger partial charge in [0.2, 0.25) is 5.91 Å². The van der Waals surface area contributed by atoms with Crippen LogP contribution in [-0.4, -0.2) is 11.7 Å². The SMILES string of the molecule is O=C1C[C@@H](c2ccc(Br)cc2)C2=C(C[C@H](c3ccc(F)cc3)CC2=O)N1. The molecule has 0 unspecified atom stereocenters. The predicted molar refractivity (Wildman–Crippen MR) is 100 cm³/mol. The molecule has 2 aromatic carbocycles. The summed E-state index contributed by atoms with van der Waals surface area (Å²) in [4.78, 5) is 25.2. The Bertz CT molecular complexity index is 903. The van der Waals surface area contributed by atoms with Gasteiger partial charge in [-0.25, -0.2) is 4.39 Å². The van der Waals surface area contributed by atoms with E-state index in [4.69, 9.17) is 0 Å². The third kappa shape index (κ3) is 3.23. The highest BCUT2D eigenvalue weighted by molar-refractivity contribution is 9.10. The van der Waals surface area contributed by atoms with Gasteiger partial charge >= 0.3 is 0 Å². The lowest BCUT2D eigenvalue weighted by Crippen LogP contribution is -2.38. The summed E-state index contributed by atoms with van der Waals surface area (Å²) in [6, 6.07) is 14.0. The van der Waals surface area contributed by atoms with Gasteiger partial charge < -0.3 is 5.32 Å². The topological polar surface area (TPSA) is 46.2 Å². The fraction of sp³-hybridized carbons (Fsp3) is 0.238. The summed E-state index contributed by atoms with van der Waals surface area (Å²) in [7, 11) is 0. The number of ketones is 1. The Hall–Kier alpha value is -2.27. The van der Waals surface area contributed by atoms with E-state index < -0.39 is 0 Å². The maximum absolute atomic E-state index is 13.2. The van der Waals surface area contributed by atoms with E-state index in [-0.39, 0.29) is 35.8 Å². The highest BCUT2D eigenvalue weighted by atomic mass is 79.9. The van der Waals surface area contributed by atoms with Crippen molar-refractivity contribution in [2.75, 3.05) is 0 Å². The molecule has 1 heterocycles. The molecule has 0 spiro atoms. The summed E-state index contributed by atoms with van der Waals surface area (Å²) in [6.07, 6.45) is 1.26. The molecule has 1 aliphatic carbocycles. The van der Waals surface area contributed by atoms with Crippen LogP contribution >= 0.6 is 15.9 Å². The Balaban J connectivity index is 1.70. The van der Waals surface area contributed by atoms with Crippen LogP contribution in [-0.2, 0) is 9.59 Å². The van der Waals surface area contributed by atoms with Crippen LogP contribution in [0.3, 0.4) is 0 Å². The minimum absolute atomic E-state index is 0.0363. The van der Waals surface area contributed by atoms with E-state index in [1.165, 1.54) is 12.1 Å². The number of hydrogen-bond donors (Lipinski definition) is 1. The maximum Gasteiger partial charge on any atom is 0.225 e. The molecule has 1 amide bonds. The van der Waals surface area contributed by atoms with Crippen molar-refractivity contribution >= 4 is 27.6 Å². The average molecular weight is 414 g/mol. The second-order valence-electron chi connectivity index (χ2n) is 6.83. The molecule has 2 atom stereocenters. The van der Waals surface area contributed by atoms with E-state index in [0.717, 1.165) is 26.9 Å². The molecule has 0 aromatic heterocycles. The van der Waals surface area contributed by atoms with Crippen molar-refractivity contribution in [3.05, 3.63) is 81.2 Å². The first-order valence-corrected chi connectivity index (χ1v) is 9.37. The van der Waals surface area contributed by atoms with Gasteiger partial charge in [0.1, 0.15) is 5.82 Å². The fourth-order valence-corrected chi connectivity index (χ4v) is 4.17. The third-order valence-corrected chi connectivity index (χ3v) is 5.68. The van der Waals surface area contributed by atoms with Crippen LogP contribution in [0, 0.1) is 5.82 Å². The van der Waals surface area contributed by atoms with Crippen molar-refractivity contribution in [1.29, 1.82) is 0 Å².